The molecule has 0 aliphatic heterocycles. The molecule has 0 fully saturated rings. The molecule has 0 atom stereocenters. The quantitative estimate of drug-likeness (QED) is 0.605. The van der Waals surface area contributed by atoms with E-state index in [2.05, 4.69) is 5.32 Å². The van der Waals surface area contributed by atoms with Crippen LogP contribution in [0.15, 0.2) is 18.2 Å². The summed E-state index contributed by atoms with van der Waals surface area (Å²) in [7, 11) is 1.72. The van der Waals surface area contributed by atoms with Crippen LogP contribution in [0.2, 0.25) is 0 Å². The average Bonchev–Trinajstić information content (AvgIpc) is 2.21. The van der Waals surface area contributed by atoms with Crippen molar-refractivity contribution in [2.24, 2.45) is 0 Å². The van der Waals surface area contributed by atoms with Gasteiger partial charge in [-0.05, 0) is 7.05 Å². The number of nitro groups is 1. The van der Waals surface area contributed by atoms with Crippen molar-refractivity contribution in [2.45, 2.75) is 0 Å². The Morgan fingerprint density at radius 3 is 2.88 bits per heavy atom. The van der Waals surface area contributed by atoms with Crippen LogP contribution in [0.3, 0.4) is 0 Å². The third-order valence-electron chi connectivity index (χ3n) is 1.91. The summed E-state index contributed by atoms with van der Waals surface area (Å²) in [5, 5.41) is 22.5. The average molecular weight is 226 g/mol. The Kier molecular flexibility index (Phi) is 3.96. The molecule has 1 aromatic carbocycles. The largest absolute Gasteiger partial charge is 0.502 e. The van der Waals surface area contributed by atoms with Crippen LogP contribution in [0.4, 0.5) is 10.1 Å². The highest BCUT2D eigenvalue weighted by Gasteiger charge is 2.16. The molecule has 6 heteroatoms. The summed E-state index contributed by atoms with van der Waals surface area (Å²) in [6.07, 6.45) is 3.04. The molecule has 1 rings (SSSR count). The summed E-state index contributed by atoms with van der Waals surface area (Å²) < 4.78 is 13.3. The molecule has 86 valence electrons. The lowest BCUT2D eigenvalue weighted by Gasteiger charge is -2.00. The molecule has 0 saturated carbocycles. The van der Waals surface area contributed by atoms with Gasteiger partial charge in [0.2, 0.25) is 0 Å². The van der Waals surface area contributed by atoms with Crippen LogP contribution in [-0.2, 0) is 0 Å². The number of nitrogens with zero attached hydrogens (tertiary/aromatic N) is 1. The van der Waals surface area contributed by atoms with Gasteiger partial charge in [-0.2, -0.15) is 0 Å². The lowest BCUT2D eigenvalue weighted by molar-refractivity contribution is -0.385. The first-order valence-electron chi connectivity index (χ1n) is 4.54. The number of benzene rings is 1. The highest BCUT2D eigenvalue weighted by molar-refractivity contribution is 5.59. The molecule has 0 radical (unpaired) electrons. The first kappa shape index (κ1) is 12.1. The zero-order valence-corrected chi connectivity index (χ0v) is 8.61. The number of nitrogens with one attached hydrogen (secondary N) is 1. The van der Waals surface area contributed by atoms with Gasteiger partial charge in [0.15, 0.2) is 5.75 Å². The Hall–Kier alpha value is -1.95. The molecule has 0 saturated heterocycles. The van der Waals surface area contributed by atoms with Crippen LogP contribution >= 0.6 is 0 Å². The van der Waals surface area contributed by atoms with Crippen molar-refractivity contribution in [1.29, 1.82) is 0 Å². The number of phenolic OH excluding ortho intramolecular Hbond substituents is 1. The van der Waals surface area contributed by atoms with E-state index in [1.165, 1.54) is 6.08 Å². The van der Waals surface area contributed by atoms with Crippen LogP contribution in [0.25, 0.3) is 6.08 Å². The van der Waals surface area contributed by atoms with E-state index in [9.17, 15) is 14.5 Å². The maximum Gasteiger partial charge on any atom is 0.311 e. The van der Waals surface area contributed by atoms with Gasteiger partial charge in [-0.3, -0.25) is 10.1 Å². The highest BCUT2D eigenvalue weighted by atomic mass is 19.1. The van der Waals surface area contributed by atoms with Gasteiger partial charge in [0.1, 0.15) is 5.82 Å². The van der Waals surface area contributed by atoms with E-state index in [1.807, 2.05) is 0 Å². The van der Waals surface area contributed by atoms with Gasteiger partial charge in [0.05, 0.1) is 4.92 Å². The summed E-state index contributed by atoms with van der Waals surface area (Å²) in [4.78, 5) is 9.74. The first-order chi connectivity index (χ1) is 7.56. The Labute approximate surface area is 91.4 Å². The molecule has 0 bridgehead atoms. The Morgan fingerprint density at radius 2 is 2.31 bits per heavy atom. The second-order valence-corrected chi connectivity index (χ2v) is 3.08. The molecule has 0 aromatic heterocycles. The number of hydrogen-bond donors (Lipinski definition) is 2. The molecule has 0 heterocycles. The van der Waals surface area contributed by atoms with Crippen LogP contribution in [-0.4, -0.2) is 23.6 Å². The normalized spacial score (nSPS) is 10.9. The maximum atomic E-state index is 13.3. The Morgan fingerprint density at radius 1 is 1.62 bits per heavy atom. The summed E-state index contributed by atoms with van der Waals surface area (Å²) in [6, 6.07) is 1.73. The van der Waals surface area contributed by atoms with Crippen molar-refractivity contribution in [1.82, 2.24) is 5.32 Å². The standard InChI is InChI=1S/C10H11FN2O3/c1-12-4-2-3-7-5-9(13(15)16)10(14)6-8(7)11/h2-3,5-6,12,14H,4H2,1H3. The Bertz CT molecular complexity index is 432. The van der Waals surface area contributed by atoms with Crippen LogP contribution in [0.5, 0.6) is 5.75 Å². The predicted octanol–water partition coefficient (Wildman–Crippen LogP) is 1.67. The lowest BCUT2D eigenvalue weighted by atomic mass is 10.1. The molecule has 5 nitrogen and oxygen atoms in total. The smallest absolute Gasteiger partial charge is 0.311 e. The van der Waals surface area contributed by atoms with Crippen molar-refractivity contribution in [3.8, 4) is 5.75 Å². The summed E-state index contributed by atoms with van der Waals surface area (Å²) in [5.41, 5.74) is -0.440. The van der Waals surface area contributed by atoms with Gasteiger partial charge in [0.25, 0.3) is 0 Å². The van der Waals surface area contributed by atoms with Gasteiger partial charge in [-0.15, -0.1) is 0 Å². The molecule has 0 unspecified atom stereocenters. The molecule has 0 aliphatic carbocycles. The zero-order valence-electron chi connectivity index (χ0n) is 8.61. The van der Waals surface area contributed by atoms with Crippen LogP contribution < -0.4 is 5.32 Å². The molecular weight excluding hydrogens is 215 g/mol. The number of rotatable bonds is 4. The van der Waals surface area contributed by atoms with E-state index >= 15 is 0 Å². The fraction of sp³-hybridized carbons (Fsp3) is 0.200. The van der Waals surface area contributed by atoms with Crippen LogP contribution in [0, 0.1) is 15.9 Å². The van der Waals surface area contributed by atoms with Crippen molar-refractivity contribution in [3.05, 3.63) is 39.7 Å². The van der Waals surface area contributed by atoms with E-state index in [4.69, 9.17) is 5.11 Å². The van der Waals surface area contributed by atoms with E-state index in [-0.39, 0.29) is 5.56 Å². The van der Waals surface area contributed by atoms with Gasteiger partial charge < -0.3 is 10.4 Å². The monoisotopic (exact) mass is 226 g/mol. The third kappa shape index (κ3) is 2.77. The molecule has 0 amide bonds. The van der Waals surface area contributed by atoms with Crippen molar-refractivity contribution in [2.75, 3.05) is 13.6 Å². The Balaban J connectivity index is 3.09. The van der Waals surface area contributed by atoms with Crippen molar-refractivity contribution < 1.29 is 14.4 Å². The first-order valence-corrected chi connectivity index (χ1v) is 4.54. The minimum atomic E-state index is -0.760. The van der Waals surface area contributed by atoms with E-state index in [0.717, 1.165) is 12.1 Å². The fourth-order valence-corrected chi connectivity index (χ4v) is 1.15. The van der Waals surface area contributed by atoms with E-state index < -0.39 is 22.2 Å². The molecule has 2 N–H and O–H groups in total. The van der Waals surface area contributed by atoms with E-state index in [1.54, 1.807) is 13.1 Å². The SMILES string of the molecule is CNCC=Cc1cc([N+](=O)[O-])c(O)cc1F. The topological polar surface area (TPSA) is 75.4 Å². The molecule has 0 spiro atoms. The van der Waals surface area contributed by atoms with Crippen molar-refractivity contribution in [3.63, 3.8) is 0 Å². The predicted molar refractivity (Wildman–Crippen MR) is 57.7 cm³/mol. The van der Waals surface area contributed by atoms with Crippen molar-refractivity contribution >= 4 is 11.8 Å². The summed E-state index contributed by atoms with van der Waals surface area (Å²) >= 11 is 0. The fourth-order valence-electron chi connectivity index (χ4n) is 1.15. The number of nitro benzene ring substituents is 1. The second-order valence-electron chi connectivity index (χ2n) is 3.08. The van der Waals surface area contributed by atoms with Gasteiger partial charge in [-0.1, -0.05) is 12.2 Å². The molecule has 0 aliphatic rings. The summed E-state index contributed by atoms with van der Waals surface area (Å²) in [6.45, 7) is 0.522. The number of phenols is 1. The second kappa shape index (κ2) is 5.22. The lowest BCUT2D eigenvalue weighted by Crippen LogP contribution is -2.03. The van der Waals surface area contributed by atoms with Gasteiger partial charge in [-0.25, -0.2) is 4.39 Å². The number of hydrogen-bond acceptors (Lipinski definition) is 4. The van der Waals surface area contributed by atoms with E-state index in [0.29, 0.717) is 6.54 Å². The molecular formula is C10H11FN2O3. The number of halogens is 1. The maximum absolute atomic E-state index is 13.3. The van der Waals surface area contributed by atoms with Gasteiger partial charge >= 0.3 is 5.69 Å². The minimum Gasteiger partial charge on any atom is -0.502 e. The summed E-state index contributed by atoms with van der Waals surface area (Å²) in [5.74, 6) is -1.37. The highest BCUT2D eigenvalue weighted by Crippen LogP contribution is 2.29. The zero-order chi connectivity index (χ0) is 12.1. The number of likely N-dealkylation sites (N-methyl/N-ethyl adjacent to an activating group) is 1. The van der Waals surface area contributed by atoms with Crippen LogP contribution in [0.1, 0.15) is 5.56 Å². The molecule has 1 aromatic rings. The molecule has 16 heavy (non-hydrogen) atoms. The number of aromatic hydroxyl groups is 1. The minimum absolute atomic E-state index is 0.0692. The third-order valence-corrected chi connectivity index (χ3v) is 1.91. The van der Waals surface area contributed by atoms with Gasteiger partial charge in [0, 0.05) is 24.2 Å².